The maximum atomic E-state index is 12.8. The molecule has 0 radical (unpaired) electrons. The van der Waals surface area contributed by atoms with Crippen molar-refractivity contribution in [2.45, 2.75) is 20.3 Å². The Morgan fingerprint density at radius 2 is 1.84 bits per heavy atom. The predicted molar refractivity (Wildman–Crippen MR) is 96.4 cm³/mol. The third-order valence-corrected chi connectivity index (χ3v) is 3.82. The summed E-state index contributed by atoms with van der Waals surface area (Å²) in [5.41, 5.74) is 4.43. The van der Waals surface area contributed by atoms with E-state index in [4.69, 9.17) is 11.6 Å². The first-order chi connectivity index (χ1) is 11.9. The van der Waals surface area contributed by atoms with E-state index in [2.05, 4.69) is 15.8 Å². The second-order valence-electron chi connectivity index (χ2n) is 5.43. The Bertz CT molecular complexity index is 820. The van der Waals surface area contributed by atoms with Crippen LogP contribution in [0, 0.1) is 12.7 Å². The molecular weight excluding hydrogens is 345 g/mol. The summed E-state index contributed by atoms with van der Waals surface area (Å²) in [6.45, 7) is 3.43. The van der Waals surface area contributed by atoms with Gasteiger partial charge >= 0.3 is 0 Å². The Kier molecular flexibility index (Phi) is 6.25. The van der Waals surface area contributed by atoms with E-state index in [1.165, 1.54) is 24.3 Å². The van der Waals surface area contributed by atoms with Gasteiger partial charge in [-0.15, -0.1) is 0 Å². The van der Waals surface area contributed by atoms with Crippen molar-refractivity contribution in [2.24, 2.45) is 5.10 Å². The quantitative estimate of drug-likeness (QED) is 0.626. The van der Waals surface area contributed by atoms with Gasteiger partial charge in [-0.3, -0.25) is 9.59 Å². The second kappa shape index (κ2) is 8.39. The van der Waals surface area contributed by atoms with Crippen LogP contribution in [0.5, 0.6) is 0 Å². The first-order valence-electron chi connectivity index (χ1n) is 7.51. The molecule has 25 heavy (non-hydrogen) atoms. The summed E-state index contributed by atoms with van der Waals surface area (Å²) >= 11 is 6.01. The molecular formula is C18H17ClFN3O2. The van der Waals surface area contributed by atoms with Gasteiger partial charge in [-0.2, -0.15) is 5.10 Å². The molecule has 0 aromatic heterocycles. The fourth-order valence-electron chi connectivity index (χ4n) is 2.02. The van der Waals surface area contributed by atoms with Crippen molar-refractivity contribution < 1.29 is 14.0 Å². The number of benzene rings is 2. The Hall–Kier alpha value is -2.73. The number of halogens is 2. The summed E-state index contributed by atoms with van der Waals surface area (Å²) in [6, 6.07) is 10.3. The van der Waals surface area contributed by atoms with Gasteiger partial charge < -0.3 is 5.32 Å². The van der Waals surface area contributed by atoms with E-state index in [9.17, 15) is 14.0 Å². The van der Waals surface area contributed by atoms with E-state index in [1.807, 2.05) is 6.92 Å². The molecule has 2 rings (SSSR count). The molecule has 2 aromatic carbocycles. The molecule has 0 unspecified atom stereocenters. The van der Waals surface area contributed by atoms with Crippen LogP contribution in [-0.4, -0.2) is 17.5 Å². The molecule has 0 aliphatic carbocycles. The molecule has 0 aliphatic heterocycles. The number of carbonyl (C=O) groups excluding carboxylic acids is 2. The van der Waals surface area contributed by atoms with Crippen LogP contribution >= 0.6 is 11.6 Å². The molecule has 0 saturated heterocycles. The predicted octanol–water partition coefficient (Wildman–Crippen LogP) is 3.92. The van der Waals surface area contributed by atoms with Gasteiger partial charge in [-0.1, -0.05) is 17.7 Å². The van der Waals surface area contributed by atoms with Crippen molar-refractivity contribution in [3.63, 3.8) is 0 Å². The highest BCUT2D eigenvalue weighted by atomic mass is 35.5. The van der Waals surface area contributed by atoms with Gasteiger partial charge in [-0.25, -0.2) is 9.82 Å². The number of hydrogen-bond acceptors (Lipinski definition) is 3. The van der Waals surface area contributed by atoms with Gasteiger partial charge in [-0.05, 0) is 55.8 Å². The second-order valence-corrected chi connectivity index (χ2v) is 5.84. The number of hydrazone groups is 1. The molecule has 2 aromatic rings. The molecule has 0 saturated carbocycles. The van der Waals surface area contributed by atoms with Crippen molar-refractivity contribution in [3.8, 4) is 0 Å². The van der Waals surface area contributed by atoms with E-state index in [1.54, 1.807) is 25.1 Å². The fourth-order valence-corrected chi connectivity index (χ4v) is 2.20. The highest BCUT2D eigenvalue weighted by Gasteiger charge is 2.09. The maximum absolute atomic E-state index is 12.8. The van der Waals surface area contributed by atoms with Gasteiger partial charge in [0.2, 0.25) is 5.91 Å². The van der Waals surface area contributed by atoms with Gasteiger partial charge in [0, 0.05) is 22.0 Å². The number of nitrogens with zero attached hydrogens (tertiary/aromatic N) is 1. The average molecular weight is 362 g/mol. The third kappa shape index (κ3) is 5.39. The van der Waals surface area contributed by atoms with Gasteiger partial charge in [0.15, 0.2) is 0 Å². The van der Waals surface area contributed by atoms with Crippen molar-refractivity contribution in [1.29, 1.82) is 0 Å². The number of rotatable bonds is 5. The van der Waals surface area contributed by atoms with E-state index in [-0.39, 0.29) is 17.9 Å². The molecule has 0 fully saturated rings. The Morgan fingerprint density at radius 1 is 1.16 bits per heavy atom. The van der Waals surface area contributed by atoms with E-state index < -0.39 is 11.7 Å². The van der Waals surface area contributed by atoms with Crippen molar-refractivity contribution in [2.75, 3.05) is 5.32 Å². The van der Waals surface area contributed by atoms with Gasteiger partial charge in [0.1, 0.15) is 5.82 Å². The zero-order valence-electron chi connectivity index (χ0n) is 13.8. The van der Waals surface area contributed by atoms with Crippen molar-refractivity contribution in [3.05, 3.63) is 64.4 Å². The zero-order chi connectivity index (χ0) is 18.4. The zero-order valence-corrected chi connectivity index (χ0v) is 14.5. The highest BCUT2D eigenvalue weighted by molar-refractivity contribution is 6.31. The molecule has 7 heteroatoms. The Labute approximate surface area is 149 Å². The average Bonchev–Trinajstić information content (AvgIpc) is 2.57. The SMILES string of the molecule is C/C(CC(=O)Nc1cccc(Cl)c1C)=N/NC(=O)c1ccc(F)cc1. The smallest absolute Gasteiger partial charge is 0.271 e. The van der Waals surface area contributed by atoms with Crippen LogP contribution in [0.15, 0.2) is 47.6 Å². The van der Waals surface area contributed by atoms with Crippen LogP contribution < -0.4 is 10.7 Å². The summed E-state index contributed by atoms with van der Waals surface area (Å²) in [5, 5.41) is 7.19. The van der Waals surface area contributed by atoms with Crippen molar-refractivity contribution in [1.82, 2.24) is 5.43 Å². The standard InChI is InChI=1S/C18H17ClFN3O2/c1-11(22-23-18(25)13-6-8-14(20)9-7-13)10-17(24)21-16-5-3-4-15(19)12(16)2/h3-9H,10H2,1-2H3,(H,21,24)(H,23,25)/b22-11-. The first-order valence-corrected chi connectivity index (χ1v) is 7.88. The van der Waals surface area contributed by atoms with Gasteiger partial charge in [0.05, 0.1) is 6.42 Å². The summed E-state index contributed by atoms with van der Waals surface area (Å²) in [7, 11) is 0. The molecule has 0 aliphatic rings. The van der Waals surface area contributed by atoms with Crippen LogP contribution in [0.4, 0.5) is 10.1 Å². The molecule has 0 spiro atoms. The van der Waals surface area contributed by atoms with Gasteiger partial charge in [0.25, 0.3) is 5.91 Å². The molecule has 130 valence electrons. The lowest BCUT2D eigenvalue weighted by Crippen LogP contribution is -2.21. The first kappa shape index (κ1) is 18.6. The molecule has 2 amide bonds. The van der Waals surface area contributed by atoms with Crippen LogP contribution in [0.25, 0.3) is 0 Å². The van der Waals surface area contributed by atoms with Crippen LogP contribution in [0.1, 0.15) is 29.3 Å². The number of carbonyl (C=O) groups is 2. The van der Waals surface area contributed by atoms with Crippen LogP contribution in [0.3, 0.4) is 0 Å². The Balaban J connectivity index is 1.92. The highest BCUT2D eigenvalue weighted by Crippen LogP contribution is 2.22. The number of nitrogens with one attached hydrogen (secondary N) is 2. The van der Waals surface area contributed by atoms with Crippen LogP contribution in [-0.2, 0) is 4.79 Å². The number of anilines is 1. The summed E-state index contributed by atoms with van der Waals surface area (Å²) in [4.78, 5) is 23.9. The largest absolute Gasteiger partial charge is 0.325 e. The van der Waals surface area contributed by atoms with E-state index in [0.29, 0.717) is 16.4 Å². The lowest BCUT2D eigenvalue weighted by Gasteiger charge is -2.09. The minimum absolute atomic E-state index is 0.00957. The summed E-state index contributed by atoms with van der Waals surface area (Å²) in [6.07, 6.45) is 0.00957. The fraction of sp³-hybridized carbons (Fsp3) is 0.167. The third-order valence-electron chi connectivity index (χ3n) is 3.41. The maximum Gasteiger partial charge on any atom is 0.271 e. The van der Waals surface area contributed by atoms with E-state index in [0.717, 1.165) is 5.56 Å². The molecule has 0 heterocycles. The van der Waals surface area contributed by atoms with Crippen molar-refractivity contribution >= 4 is 34.8 Å². The normalized spacial score (nSPS) is 11.1. The minimum Gasteiger partial charge on any atom is -0.325 e. The summed E-state index contributed by atoms with van der Waals surface area (Å²) in [5.74, 6) is -1.18. The topological polar surface area (TPSA) is 70.6 Å². The molecule has 2 N–H and O–H groups in total. The number of amides is 2. The lowest BCUT2D eigenvalue weighted by atomic mass is 10.2. The van der Waals surface area contributed by atoms with E-state index >= 15 is 0 Å². The van der Waals surface area contributed by atoms with Crippen LogP contribution in [0.2, 0.25) is 5.02 Å². The molecule has 0 bridgehead atoms. The minimum atomic E-state index is -0.481. The monoisotopic (exact) mass is 361 g/mol. The summed E-state index contributed by atoms with van der Waals surface area (Å²) < 4.78 is 12.8. The number of hydrogen-bond donors (Lipinski definition) is 2. The Morgan fingerprint density at radius 3 is 2.52 bits per heavy atom. The lowest BCUT2D eigenvalue weighted by molar-refractivity contribution is -0.115. The molecule has 5 nitrogen and oxygen atoms in total. The molecule has 0 atom stereocenters.